The molecule has 1 saturated heterocycles. The number of hydrogen-bond acceptors (Lipinski definition) is 11. The van der Waals surface area contributed by atoms with Crippen molar-refractivity contribution in [2.45, 2.75) is 56.3 Å². The van der Waals surface area contributed by atoms with Crippen molar-refractivity contribution in [2.75, 3.05) is 11.9 Å². The molecule has 0 bridgehead atoms. The minimum atomic E-state index is -1.25. The van der Waals surface area contributed by atoms with E-state index >= 15 is 0 Å². The van der Waals surface area contributed by atoms with E-state index in [9.17, 15) is 15.3 Å². The number of rotatable bonds is 5. The fraction of sp³-hybridized carbons (Fsp3) is 0.625. The fourth-order valence-electron chi connectivity index (χ4n) is 3.94. The highest BCUT2D eigenvalue weighted by Crippen LogP contribution is 2.33. The summed E-state index contributed by atoms with van der Waals surface area (Å²) in [4.78, 5) is 13.5. The number of hydrogen-bond donors (Lipinski definition) is 5. The standard InChI is InChI=1S/C16H21N9O4/c26-5-8-10(27)11(28)16(29-8)25-6-17-9-12(18-7-3-1-2-4-7)19-13(20-15(9)25)14-21-23-24-22-14/h6-8,10-11,16,26-28H,1-5H2,(H,18,19,20)(H,21,22,23,24)/t8-,10-,11-,16-/m1/s1. The molecule has 4 atom stereocenters. The normalized spacial score (nSPS) is 27.8. The second kappa shape index (κ2) is 7.26. The summed E-state index contributed by atoms with van der Waals surface area (Å²) >= 11 is 0. The Balaban J connectivity index is 1.60. The number of imidazole rings is 1. The third-order valence-electron chi connectivity index (χ3n) is 5.47. The van der Waals surface area contributed by atoms with Crippen LogP contribution in [0.4, 0.5) is 5.82 Å². The molecule has 0 amide bonds. The summed E-state index contributed by atoms with van der Waals surface area (Å²) in [6, 6.07) is 0.285. The monoisotopic (exact) mass is 403 g/mol. The number of anilines is 1. The molecule has 1 saturated carbocycles. The molecule has 154 valence electrons. The van der Waals surface area contributed by atoms with E-state index in [1.807, 2.05) is 0 Å². The molecule has 29 heavy (non-hydrogen) atoms. The van der Waals surface area contributed by atoms with Crippen molar-refractivity contribution in [1.29, 1.82) is 0 Å². The zero-order chi connectivity index (χ0) is 20.0. The summed E-state index contributed by atoms with van der Waals surface area (Å²) in [6.07, 6.45) is 1.54. The lowest BCUT2D eigenvalue weighted by Gasteiger charge is -2.17. The van der Waals surface area contributed by atoms with E-state index in [1.54, 1.807) is 0 Å². The molecular formula is C16H21N9O4. The molecule has 3 aromatic heterocycles. The number of aliphatic hydroxyl groups excluding tert-OH is 3. The van der Waals surface area contributed by atoms with Crippen LogP contribution in [0.3, 0.4) is 0 Å². The molecule has 3 aromatic rings. The van der Waals surface area contributed by atoms with E-state index in [-0.39, 0.29) is 17.7 Å². The highest BCUT2D eigenvalue weighted by atomic mass is 16.6. The van der Waals surface area contributed by atoms with Gasteiger partial charge in [0, 0.05) is 6.04 Å². The molecule has 2 fully saturated rings. The number of nitrogens with zero attached hydrogens (tertiary/aromatic N) is 7. The molecule has 1 aliphatic carbocycles. The van der Waals surface area contributed by atoms with Gasteiger partial charge in [-0.25, -0.2) is 20.1 Å². The highest BCUT2D eigenvalue weighted by Gasteiger charge is 2.44. The predicted molar refractivity (Wildman–Crippen MR) is 97.4 cm³/mol. The van der Waals surface area contributed by atoms with Crippen molar-refractivity contribution < 1.29 is 20.1 Å². The number of fused-ring (bicyclic) bond motifs is 1. The third-order valence-corrected chi connectivity index (χ3v) is 5.47. The Hall–Kier alpha value is -2.74. The van der Waals surface area contributed by atoms with Gasteiger partial charge in [-0.05, 0) is 23.3 Å². The average molecular weight is 403 g/mol. The summed E-state index contributed by atoms with van der Waals surface area (Å²) in [5.74, 6) is 1.09. The van der Waals surface area contributed by atoms with Crippen molar-refractivity contribution in [1.82, 2.24) is 40.1 Å². The molecule has 5 N–H and O–H groups in total. The molecule has 1 aliphatic heterocycles. The Morgan fingerprint density at radius 3 is 2.72 bits per heavy atom. The van der Waals surface area contributed by atoms with Gasteiger partial charge >= 0.3 is 0 Å². The number of H-pyrrole nitrogens is 1. The Labute approximate surface area is 164 Å². The molecule has 13 nitrogen and oxygen atoms in total. The highest BCUT2D eigenvalue weighted by molar-refractivity contribution is 5.84. The van der Waals surface area contributed by atoms with Gasteiger partial charge in [0.1, 0.15) is 18.3 Å². The van der Waals surface area contributed by atoms with Crippen molar-refractivity contribution in [3.05, 3.63) is 6.33 Å². The third kappa shape index (κ3) is 3.11. The minimum absolute atomic E-state index is 0.261. The van der Waals surface area contributed by atoms with Crippen LogP contribution in [0.2, 0.25) is 0 Å². The maximum absolute atomic E-state index is 10.4. The van der Waals surface area contributed by atoms with E-state index in [0.717, 1.165) is 25.7 Å². The van der Waals surface area contributed by atoms with Crippen LogP contribution in [0, 0.1) is 0 Å². The summed E-state index contributed by atoms with van der Waals surface area (Å²) < 4.78 is 7.16. The maximum atomic E-state index is 10.4. The number of nitrogens with one attached hydrogen (secondary N) is 2. The van der Waals surface area contributed by atoms with Crippen LogP contribution in [-0.4, -0.2) is 86.4 Å². The Morgan fingerprint density at radius 1 is 1.21 bits per heavy atom. The SMILES string of the molecule is OC[C@H]1O[C@@H](n2cnc3c(NC4CCCC4)nc(-c4nnn[nH]4)nc32)[C@H](O)[C@@H]1O. The van der Waals surface area contributed by atoms with E-state index in [2.05, 4.69) is 40.9 Å². The number of tetrazole rings is 1. The van der Waals surface area contributed by atoms with Gasteiger partial charge in [0.2, 0.25) is 11.6 Å². The van der Waals surface area contributed by atoms with E-state index in [0.29, 0.717) is 17.0 Å². The first kappa shape index (κ1) is 18.3. The van der Waals surface area contributed by atoms with E-state index in [4.69, 9.17) is 4.74 Å². The van der Waals surface area contributed by atoms with Gasteiger partial charge in [0.05, 0.1) is 12.9 Å². The minimum Gasteiger partial charge on any atom is -0.394 e. The molecule has 5 rings (SSSR count). The van der Waals surface area contributed by atoms with Gasteiger partial charge in [-0.2, -0.15) is 0 Å². The van der Waals surface area contributed by atoms with Crippen LogP contribution >= 0.6 is 0 Å². The van der Waals surface area contributed by atoms with Crippen molar-refractivity contribution >= 4 is 17.0 Å². The first-order valence-electron chi connectivity index (χ1n) is 9.53. The predicted octanol–water partition coefficient (Wildman–Crippen LogP) is -1.03. The van der Waals surface area contributed by atoms with Crippen LogP contribution in [0.15, 0.2) is 6.33 Å². The van der Waals surface area contributed by atoms with Crippen LogP contribution < -0.4 is 5.32 Å². The lowest BCUT2D eigenvalue weighted by atomic mass is 10.1. The van der Waals surface area contributed by atoms with Crippen LogP contribution in [0.5, 0.6) is 0 Å². The Morgan fingerprint density at radius 2 is 2.03 bits per heavy atom. The first-order valence-corrected chi connectivity index (χ1v) is 9.53. The van der Waals surface area contributed by atoms with Gasteiger partial charge < -0.3 is 25.4 Å². The van der Waals surface area contributed by atoms with Gasteiger partial charge in [-0.3, -0.25) is 4.57 Å². The van der Waals surface area contributed by atoms with Crippen molar-refractivity contribution in [2.24, 2.45) is 0 Å². The second-order valence-corrected chi connectivity index (χ2v) is 7.32. The number of aliphatic hydroxyl groups is 3. The number of ether oxygens (including phenoxy) is 1. The lowest BCUT2D eigenvalue weighted by Crippen LogP contribution is -2.33. The quantitative estimate of drug-likeness (QED) is 0.351. The van der Waals surface area contributed by atoms with Gasteiger partial charge in [0.15, 0.2) is 23.2 Å². The smallest absolute Gasteiger partial charge is 0.217 e. The molecule has 0 radical (unpaired) electrons. The number of aromatic amines is 1. The van der Waals surface area contributed by atoms with Gasteiger partial charge in [-0.15, -0.1) is 5.10 Å². The van der Waals surface area contributed by atoms with Crippen LogP contribution in [0.25, 0.3) is 22.8 Å². The van der Waals surface area contributed by atoms with Gasteiger partial charge in [-0.1, -0.05) is 12.8 Å². The van der Waals surface area contributed by atoms with E-state index < -0.39 is 31.1 Å². The summed E-state index contributed by atoms with van der Waals surface area (Å²) in [7, 11) is 0. The average Bonchev–Trinajstić information content (AvgIpc) is 3.51. The molecular weight excluding hydrogens is 382 g/mol. The largest absolute Gasteiger partial charge is 0.394 e. The van der Waals surface area contributed by atoms with E-state index in [1.165, 1.54) is 10.9 Å². The summed E-state index contributed by atoms with van der Waals surface area (Å²) in [5.41, 5.74) is 0.896. The van der Waals surface area contributed by atoms with Crippen LogP contribution in [0.1, 0.15) is 31.9 Å². The lowest BCUT2D eigenvalue weighted by molar-refractivity contribution is -0.0511. The molecule has 2 aliphatic rings. The zero-order valence-electron chi connectivity index (χ0n) is 15.4. The molecule has 0 aromatic carbocycles. The fourth-order valence-corrected chi connectivity index (χ4v) is 3.94. The second-order valence-electron chi connectivity index (χ2n) is 7.32. The zero-order valence-corrected chi connectivity index (χ0v) is 15.4. The van der Waals surface area contributed by atoms with Crippen molar-refractivity contribution in [3.8, 4) is 11.6 Å². The molecule has 0 spiro atoms. The Kier molecular flexibility index (Phi) is 4.58. The van der Waals surface area contributed by atoms with Crippen molar-refractivity contribution in [3.63, 3.8) is 0 Å². The molecule has 0 unspecified atom stereocenters. The number of aromatic nitrogens is 8. The molecule has 13 heteroatoms. The maximum Gasteiger partial charge on any atom is 0.217 e. The first-order chi connectivity index (χ1) is 14.2. The molecule has 4 heterocycles. The topological polar surface area (TPSA) is 180 Å². The summed E-state index contributed by atoms with van der Waals surface area (Å²) in [6.45, 7) is -0.417. The Bertz CT molecular complexity index is 988. The summed E-state index contributed by atoms with van der Waals surface area (Å²) in [5, 5.41) is 47.0. The van der Waals surface area contributed by atoms with Crippen LogP contribution in [-0.2, 0) is 4.74 Å². The van der Waals surface area contributed by atoms with Gasteiger partial charge in [0.25, 0.3) is 0 Å².